The van der Waals surface area contributed by atoms with Gasteiger partial charge < -0.3 is 55.2 Å². The van der Waals surface area contributed by atoms with Gasteiger partial charge in [0.05, 0.1) is 0 Å². The maximum atomic E-state index is 5.53. The van der Waals surface area contributed by atoms with Crippen molar-refractivity contribution in [1.29, 1.82) is 0 Å². The molecule has 6 saturated carbocycles. The number of rotatable bonds is 7. The van der Waals surface area contributed by atoms with E-state index in [9.17, 15) is 0 Å². The number of benzene rings is 5. The van der Waals surface area contributed by atoms with Crippen molar-refractivity contribution >= 4 is 11.4 Å². The topological polar surface area (TPSA) is 29.3 Å². The van der Waals surface area contributed by atoms with Crippen LogP contribution in [0.15, 0.2) is 133 Å². The maximum absolute atomic E-state index is 5.53. The Morgan fingerprint density at radius 2 is 0.630 bits per heavy atom. The van der Waals surface area contributed by atoms with Crippen molar-refractivity contribution in [3.05, 3.63) is 189 Å². The molecular weight excluding hydrogens is 1010 g/mol. The van der Waals surface area contributed by atoms with Gasteiger partial charge in [0.15, 0.2) is 0 Å². The van der Waals surface area contributed by atoms with Crippen LogP contribution < -0.4 is 10.6 Å². The van der Waals surface area contributed by atoms with E-state index in [0.29, 0.717) is 12.1 Å². The van der Waals surface area contributed by atoms with Crippen LogP contribution in [0.2, 0.25) is 0 Å². The van der Waals surface area contributed by atoms with Crippen molar-refractivity contribution in [1.82, 2.24) is 0 Å². The molecule has 6 fully saturated rings. The molecule has 0 spiro atoms. The van der Waals surface area contributed by atoms with Crippen LogP contribution in [0, 0.1) is 57.4 Å². The summed E-state index contributed by atoms with van der Waals surface area (Å²) in [5, 5.41) is 0. The SMILES string of the molecule is C1CCCC1.C1CCCC1.C1CCCC1.Cc1ccc(N(c2ccc(-c3ccccc3)cc2)C2CCCC2)cc1.NC1CCCC1.[CH3-].[CH3-].[CH3-].[CH3-].[CH3-].[CH3-].[Fe+2].[Fe+2].[Fe+2].c1ccc(-c2ccc(CC3CCCC3)cc2)cc1. The molecule has 2 nitrogen and oxygen atoms in total. The van der Waals surface area contributed by atoms with E-state index in [4.69, 9.17) is 5.73 Å². The number of anilines is 2. The molecule has 0 saturated heterocycles. The van der Waals surface area contributed by atoms with Crippen molar-refractivity contribution in [2.45, 2.75) is 199 Å². The van der Waals surface area contributed by atoms with Crippen LogP contribution in [0.5, 0.6) is 0 Å². The molecule has 0 unspecified atom stereocenters. The van der Waals surface area contributed by atoms with Gasteiger partial charge in [0.25, 0.3) is 0 Å². The second-order valence-corrected chi connectivity index (χ2v) is 19.8. The summed E-state index contributed by atoms with van der Waals surface area (Å²) in [6.45, 7) is 2.15. The first-order valence-corrected chi connectivity index (χ1v) is 26.5. The van der Waals surface area contributed by atoms with E-state index in [-0.39, 0.29) is 95.8 Å². The van der Waals surface area contributed by atoms with Gasteiger partial charge in [-0.3, -0.25) is 0 Å². The average molecular weight is 1120 g/mol. The molecule has 6 aliphatic carbocycles. The summed E-state index contributed by atoms with van der Waals surface area (Å²) >= 11 is 0. The molecule has 73 heavy (non-hydrogen) atoms. The van der Waals surface area contributed by atoms with E-state index in [2.05, 4.69) is 145 Å². The average Bonchev–Trinajstić information content (AvgIpc) is 4.21. The van der Waals surface area contributed by atoms with E-state index in [0.717, 1.165) is 5.92 Å². The van der Waals surface area contributed by atoms with E-state index in [1.54, 1.807) is 0 Å². The second kappa shape index (κ2) is 46.7. The molecular formula is C68H104Fe3N2. The number of hydrogen-bond donors (Lipinski definition) is 1. The predicted octanol–water partition coefficient (Wildman–Crippen LogP) is 21.3. The standard InChI is InChI=1S/C24H25N.C18H20.C5H11N.3C5H10.6CH3.3Fe/c1-19-11-15-23(16-12-19)25(22-9-5-6-10-22)24-17-13-21(14-18-24)20-7-3-2-4-8-20;1-2-8-17(9-3-1)18-12-10-16(11-13-18)14-15-6-4-5-7-15;6-5-3-1-2-4-5;3*1-2-4-5-3-1;;;;;;;;;/h2-4,7-8,11-18,22H,5-6,9-10H2,1H3;1-3,8-13,15H,4-7,14H2;5H,1-4,6H2;3*1-5H2;6*1H3;;;/q;;;;;;6*-1;3*+2. The summed E-state index contributed by atoms with van der Waals surface area (Å²) in [7, 11) is 0. The molecule has 5 aromatic rings. The summed E-state index contributed by atoms with van der Waals surface area (Å²) in [4.78, 5) is 2.54. The summed E-state index contributed by atoms with van der Waals surface area (Å²) in [6, 6.07) is 49.5. The van der Waals surface area contributed by atoms with Crippen molar-refractivity contribution in [3.8, 4) is 22.3 Å². The first kappa shape index (κ1) is 76.9. The molecule has 0 bridgehead atoms. The maximum Gasteiger partial charge on any atom is 2.00 e. The van der Waals surface area contributed by atoms with Gasteiger partial charge in [-0.2, -0.15) is 0 Å². The minimum Gasteiger partial charge on any atom is -0.358 e. The Morgan fingerprint density at radius 3 is 0.959 bits per heavy atom. The summed E-state index contributed by atoms with van der Waals surface area (Å²) in [6.07, 6.45) is 40.0. The van der Waals surface area contributed by atoms with Crippen LogP contribution in [0.3, 0.4) is 0 Å². The molecule has 0 aromatic heterocycles. The number of aryl methyl sites for hydroxylation is 1. The fraction of sp³-hybridized carbons (Fsp3) is 0.471. The van der Waals surface area contributed by atoms with Crippen LogP contribution >= 0.6 is 0 Å². The van der Waals surface area contributed by atoms with Crippen LogP contribution in [-0.4, -0.2) is 12.1 Å². The van der Waals surface area contributed by atoms with E-state index in [1.807, 2.05) is 0 Å². The van der Waals surface area contributed by atoms with Gasteiger partial charge in [0, 0.05) is 23.5 Å². The number of nitrogens with two attached hydrogens (primary N) is 1. The number of hydrogen-bond acceptors (Lipinski definition) is 2. The predicted molar refractivity (Wildman–Crippen MR) is 319 cm³/mol. The Labute approximate surface area is 485 Å². The minimum absolute atomic E-state index is 0. The van der Waals surface area contributed by atoms with Gasteiger partial charge in [-0.1, -0.05) is 262 Å². The molecule has 0 radical (unpaired) electrons. The first-order valence-electron chi connectivity index (χ1n) is 26.5. The third-order valence-corrected chi connectivity index (χ3v) is 14.5. The zero-order valence-electron chi connectivity index (χ0n) is 47.3. The van der Waals surface area contributed by atoms with E-state index >= 15 is 0 Å². The second-order valence-electron chi connectivity index (χ2n) is 19.8. The smallest absolute Gasteiger partial charge is 0.358 e. The van der Waals surface area contributed by atoms with Crippen molar-refractivity contribution in [3.63, 3.8) is 0 Å². The molecule has 5 heteroatoms. The van der Waals surface area contributed by atoms with Crippen LogP contribution in [0.4, 0.5) is 11.4 Å². The van der Waals surface area contributed by atoms with Crippen LogP contribution in [-0.2, 0) is 57.6 Å². The van der Waals surface area contributed by atoms with Gasteiger partial charge in [0.1, 0.15) is 0 Å². The van der Waals surface area contributed by atoms with Crippen molar-refractivity contribution in [2.24, 2.45) is 11.7 Å². The van der Waals surface area contributed by atoms with Crippen molar-refractivity contribution < 1.29 is 51.2 Å². The van der Waals surface area contributed by atoms with Gasteiger partial charge in [0.2, 0.25) is 0 Å². The van der Waals surface area contributed by atoms with Gasteiger partial charge >= 0.3 is 51.2 Å². The Kier molecular flexibility index (Phi) is 49.2. The fourth-order valence-electron chi connectivity index (χ4n) is 10.5. The minimum atomic E-state index is 0. The van der Waals surface area contributed by atoms with Gasteiger partial charge in [-0.05, 0) is 97.0 Å². The third-order valence-electron chi connectivity index (χ3n) is 14.5. The molecule has 0 aliphatic heterocycles. The number of nitrogens with zero attached hydrogens (tertiary/aromatic N) is 1. The Bertz CT molecular complexity index is 1840. The van der Waals surface area contributed by atoms with Crippen molar-refractivity contribution in [2.75, 3.05) is 4.90 Å². The largest absolute Gasteiger partial charge is 2.00 e. The van der Waals surface area contributed by atoms with E-state index in [1.165, 1.54) is 225 Å². The van der Waals surface area contributed by atoms with Crippen LogP contribution in [0.25, 0.3) is 22.3 Å². The van der Waals surface area contributed by atoms with Gasteiger partial charge in [-0.25, -0.2) is 0 Å². The quantitative estimate of drug-likeness (QED) is 0.130. The molecule has 0 heterocycles. The Balaban J connectivity index is -0.000000434. The molecule has 6 aliphatic rings. The molecule has 0 atom stereocenters. The monoisotopic (exact) mass is 1120 g/mol. The first-order chi connectivity index (χ1) is 31.6. The summed E-state index contributed by atoms with van der Waals surface area (Å²) < 4.78 is 0. The molecule has 5 aromatic carbocycles. The molecule has 410 valence electrons. The van der Waals surface area contributed by atoms with Gasteiger partial charge in [-0.15, -0.1) is 0 Å². The Morgan fingerprint density at radius 1 is 0.342 bits per heavy atom. The summed E-state index contributed by atoms with van der Waals surface area (Å²) in [5.41, 5.74) is 16.1. The normalized spacial score (nSPS) is 16.0. The zero-order valence-corrected chi connectivity index (χ0v) is 50.6. The molecule has 11 rings (SSSR count). The summed E-state index contributed by atoms with van der Waals surface area (Å²) in [5.74, 6) is 0.938. The fourth-order valence-corrected chi connectivity index (χ4v) is 10.5. The molecule has 2 N–H and O–H groups in total. The third kappa shape index (κ3) is 29.5. The Hall–Kier alpha value is -2.58. The van der Waals surface area contributed by atoms with E-state index < -0.39 is 0 Å². The zero-order chi connectivity index (χ0) is 44.3. The molecule has 0 amide bonds. The van der Waals surface area contributed by atoms with Crippen LogP contribution in [0.1, 0.15) is 184 Å².